The largest absolute Gasteiger partial charge is 0.256 e. The Bertz CT molecular complexity index is 730. The van der Waals surface area contributed by atoms with E-state index in [2.05, 4.69) is 73.4 Å². The highest BCUT2D eigenvalue weighted by atomic mass is 14.7. The summed E-state index contributed by atoms with van der Waals surface area (Å²) in [7, 11) is 0. The van der Waals surface area contributed by atoms with Crippen LogP contribution in [0.5, 0.6) is 0 Å². The van der Waals surface area contributed by atoms with E-state index in [1.54, 1.807) is 0 Å². The zero-order valence-electron chi connectivity index (χ0n) is 11.8. The van der Waals surface area contributed by atoms with E-state index in [1.165, 1.54) is 27.8 Å². The van der Waals surface area contributed by atoms with Crippen molar-refractivity contribution in [3.05, 3.63) is 78.0 Å². The van der Waals surface area contributed by atoms with Crippen molar-refractivity contribution in [3.8, 4) is 22.4 Å². The van der Waals surface area contributed by atoms with E-state index in [4.69, 9.17) is 0 Å². The number of pyridine rings is 1. The predicted molar refractivity (Wildman–Crippen MR) is 84.6 cm³/mol. The van der Waals surface area contributed by atoms with E-state index >= 15 is 0 Å². The summed E-state index contributed by atoms with van der Waals surface area (Å²) in [6.45, 7) is 4.25. The molecule has 0 spiro atoms. The van der Waals surface area contributed by atoms with Crippen LogP contribution in [0.1, 0.15) is 11.1 Å². The predicted octanol–water partition coefficient (Wildman–Crippen LogP) is 5.03. The minimum atomic E-state index is 1.03. The van der Waals surface area contributed by atoms with Gasteiger partial charge in [0, 0.05) is 11.8 Å². The summed E-state index contributed by atoms with van der Waals surface area (Å²) < 4.78 is 0. The molecule has 20 heavy (non-hydrogen) atoms. The molecule has 1 aromatic heterocycles. The number of hydrogen-bond donors (Lipinski definition) is 0. The first-order valence-electron chi connectivity index (χ1n) is 6.83. The van der Waals surface area contributed by atoms with E-state index in [9.17, 15) is 0 Å². The minimum absolute atomic E-state index is 1.03. The maximum absolute atomic E-state index is 4.53. The van der Waals surface area contributed by atoms with Gasteiger partial charge in [0.1, 0.15) is 0 Å². The SMILES string of the molecule is Cc1ccc(-c2cc(-c3ccccc3)ccn2)c(C)c1. The van der Waals surface area contributed by atoms with Crippen LogP contribution in [0.2, 0.25) is 0 Å². The van der Waals surface area contributed by atoms with E-state index in [1.807, 2.05) is 12.3 Å². The molecule has 1 nitrogen and oxygen atoms in total. The molecule has 3 aromatic rings. The smallest absolute Gasteiger partial charge is 0.0710 e. The zero-order chi connectivity index (χ0) is 13.9. The average Bonchev–Trinajstić information content (AvgIpc) is 2.48. The molecule has 0 unspecified atom stereocenters. The molecule has 0 aliphatic rings. The molecule has 1 heterocycles. The number of rotatable bonds is 2. The molecular formula is C19H17N. The van der Waals surface area contributed by atoms with Gasteiger partial charge in [-0.2, -0.15) is 0 Å². The second-order valence-corrected chi connectivity index (χ2v) is 5.11. The van der Waals surface area contributed by atoms with Crippen molar-refractivity contribution in [2.45, 2.75) is 13.8 Å². The molecule has 2 aromatic carbocycles. The van der Waals surface area contributed by atoms with Gasteiger partial charge in [0.15, 0.2) is 0 Å². The van der Waals surface area contributed by atoms with Crippen molar-refractivity contribution in [2.24, 2.45) is 0 Å². The molecule has 0 bridgehead atoms. The highest BCUT2D eigenvalue weighted by Crippen LogP contribution is 2.26. The first kappa shape index (κ1) is 12.6. The Kier molecular flexibility index (Phi) is 3.34. The summed E-state index contributed by atoms with van der Waals surface area (Å²) in [6.07, 6.45) is 1.89. The summed E-state index contributed by atoms with van der Waals surface area (Å²) in [5, 5.41) is 0. The van der Waals surface area contributed by atoms with Gasteiger partial charge in [-0.1, -0.05) is 54.1 Å². The molecule has 0 saturated carbocycles. The third-order valence-corrected chi connectivity index (χ3v) is 3.52. The molecule has 0 amide bonds. The molecule has 1 heteroatoms. The average molecular weight is 259 g/mol. The summed E-state index contributed by atoms with van der Waals surface area (Å²) in [4.78, 5) is 4.53. The van der Waals surface area contributed by atoms with Crippen LogP contribution >= 0.6 is 0 Å². The first-order chi connectivity index (χ1) is 9.74. The van der Waals surface area contributed by atoms with Crippen LogP contribution in [-0.4, -0.2) is 4.98 Å². The molecule has 0 aliphatic carbocycles. The molecule has 98 valence electrons. The monoisotopic (exact) mass is 259 g/mol. The highest BCUT2D eigenvalue weighted by Gasteiger charge is 2.05. The van der Waals surface area contributed by atoms with E-state index in [-0.39, 0.29) is 0 Å². The van der Waals surface area contributed by atoms with Gasteiger partial charge < -0.3 is 0 Å². The lowest BCUT2D eigenvalue weighted by Crippen LogP contribution is -1.89. The van der Waals surface area contributed by atoms with E-state index in [0.717, 1.165) is 5.69 Å². The lowest BCUT2D eigenvalue weighted by Gasteiger charge is -2.08. The molecule has 0 aliphatic heterocycles. The lowest BCUT2D eigenvalue weighted by atomic mass is 9.99. The van der Waals surface area contributed by atoms with Gasteiger partial charge in [-0.15, -0.1) is 0 Å². The Labute approximate surface area is 119 Å². The number of benzene rings is 2. The molecule has 0 atom stereocenters. The van der Waals surface area contributed by atoms with E-state index in [0.29, 0.717) is 0 Å². The van der Waals surface area contributed by atoms with Crippen molar-refractivity contribution in [3.63, 3.8) is 0 Å². The quantitative estimate of drug-likeness (QED) is 0.628. The van der Waals surface area contributed by atoms with Gasteiger partial charge in [0.2, 0.25) is 0 Å². The molecule has 0 saturated heterocycles. The van der Waals surface area contributed by atoms with Gasteiger partial charge in [0.05, 0.1) is 5.69 Å². The van der Waals surface area contributed by atoms with Crippen molar-refractivity contribution in [1.82, 2.24) is 4.98 Å². The van der Waals surface area contributed by atoms with E-state index < -0.39 is 0 Å². The Morgan fingerprint density at radius 3 is 2.30 bits per heavy atom. The molecule has 0 fully saturated rings. The third kappa shape index (κ3) is 2.48. The highest BCUT2D eigenvalue weighted by molar-refractivity contribution is 5.71. The van der Waals surface area contributed by atoms with Crippen LogP contribution in [0.4, 0.5) is 0 Å². The van der Waals surface area contributed by atoms with Crippen LogP contribution < -0.4 is 0 Å². The number of nitrogens with zero attached hydrogens (tertiary/aromatic N) is 1. The van der Waals surface area contributed by atoms with Crippen molar-refractivity contribution >= 4 is 0 Å². The van der Waals surface area contributed by atoms with Crippen molar-refractivity contribution in [1.29, 1.82) is 0 Å². The fourth-order valence-electron chi connectivity index (χ4n) is 2.49. The normalized spacial score (nSPS) is 10.5. The Balaban J connectivity index is 2.08. The fourth-order valence-corrected chi connectivity index (χ4v) is 2.49. The van der Waals surface area contributed by atoms with Crippen LogP contribution in [-0.2, 0) is 0 Å². The molecule has 0 radical (unpaired) electrons. The van der Waals surface area contributed by atoms with Gasteiger partial charge in [-0.25, -0.2) is 0 Å². The summed E-state index contributed by atoms with van der Waals surface area (Å²) >= 11 is 0. The Hall–Kier alpha value is -2.41. The van der Waals surface area contributed by atoms with Crippen LogP contribution in [0.3, 0.4) is 0 Å². The van der Waals surface area contributed by atoms with Gasteiger partial charge in [0.25, 0.3) is 0 Å². The van der Waals surface area contributed by atoms with Gasteiger partial charge in [-0.05, 0) is 42.7 Å². The molecule has 3 rings (SSSR count). The van der Waals surface area contributed by atoms with Crippen LogP contribution in [0.15, 0.2) is 66.9 Å². The van der Waals surface area contributed by atoms with Gasteiger partial charge >= 0.3 is 0 Å². The Morgan fingerprint density at radius 1 is 0.750 bits per heavy atom. The Morgan fingerprint density at radius 2 is 1.55 bits per heavy atom. The van der Waals surface area contributed by atoms with Crippen LogP contribution in [0.25, 0.3) is 22.4 Å². The zero-order valence-corrected chi connectivity index (χ0v) is 11.8. The lowest BCUT2D eigenvalue weighted by molar-refractivity contribution is 1.29. The number of aryl methyl sites for hydroxylation is 2. The number of aromatic nitrogens is 1. The summed E-state index contributed by atoms with van der Waals surface area (Å²) in [5.41, 5.74) is 7.21. The van der Waals surface area contributed by atoms with Crippen LogP contribution in [0, 0.1) is 13.8 Å². The maximum atomic E-state index is 4.53. The van der Waals surface area contributed by atoms with Crippen molar-refractivity contribution in [2.75, 3.05) is 0 Å². The number of hydrogen-bond acceptors (Lipinski definition) is 1. The summed E-state index contributed by atoms with van der Waals surface area (Å²) in [6, 6.07) is 21.1. The minimum Gasteiger partial charge on any atom is -0.256 e. The maximum Gasteiger partial charge on any atom is 0.0710 e. The molecule has 0 N–H and O–H groups in total. The van der Waals surface area contributed by atoms with Crippen molar-refractivity contribution < 1.29 is 0 Å². The summed E-state index contributed by atoms with van der Waals surface area (Å²) in [5.74, 6) is 0. The molecular weight excluding hydrogens is 242 g/mol. The third-order valence-electron chi connectivity index (χ3n) is 3.52. The second kappa shape index (κ2) is 5.30. The second-order valence-electron chi connectivity index (χ2n) is 5.11. The fraction of sp³-hybridized carbons (Fsp3) is 0.105. The standard InChI is InChI=1S/C19H17N/c1-14-8-9-18(15(2)12-14)19-13-17(10-11-20-19)16-6-4-3-5-7-16/h3-13H,1-2H3. The van der Waals surface area contributed by atoms with Gasteiger partial charge in [-0.3, -0.25) is 4.98 Å². The topological polar surface area (TPSA) is 12.9 Å². The first-order valence-corrected chi connectivity index (χ1v) is 6.83.